The summed E-state index contributed by atoms with van der Waals surface area (Å²) in [6, 6.07) is 0. The van der Waals surface area contributed by atoms with Crippen molar-refractivity contribution in [1.82, 2.24) is 24.7 Å². The second-order valence-corrected chi connectivity index (χ2v) is 6.06. The molecular formula is C13H15N7OS. The van der Waals surface area contributed by atoms with Crippen LogP contribution in [0.1, 0.15) is 0 Å². The fraction of sp³-hybridized carbons (Fsp3) is 0.385. The molecule has 8 nitrogen and oxygen atoms in total. The van der Waals surface area contributed by atoms with Gasteiger partial charge in [0, 0.05) is 44.8 Å². The first kappa shape index (κ1) is 13.3. The van der Waals surface area contributed by atoms with Gasteiger partial charge in [-0.15, -0.1) is 11.3 Å². The van der Waals surface area contributed by atoms with E-state index < -0.39 is 0 Å². The fourth-order valence-electron chi connectivity index (χ4n) is 2.65. The van der Waals surface area contributed by atoms with Gasteiger partial charge in [-0.1, -0.05) is 0 Å². The number of aromatic amines is 1. The van der Waals surface area contributed by atoms with Gasteiger partial charge in [0.1, 0.15) is 5.39 Å². The van der Waals surface area contributed by atoms with Crippen LogP contribution in [0.5, 0.6) is 0 Å². The predicted molar refractivity (Wildman–Crippen MR) is 85.7 cm³/mol. The van der Waals surface area contributed by atoms with E-state index in [1.54, 1.807) is 29.3 Å². The highest BCUT2D eigenvalue weighted by Crippen LogP contribution is 2.20. The van der Waals surface area contributed by atoms with Crippen LogP contribution in [-0.2, 0) is 7.05 Å². The lowest BCUT2D eigenvalue weighted by molar-refractivity contribution is 0.638. The summed E-state index contributed by atoms with van der Waals surface area (Å²) in [5.41, 5.74) is 0.469. The van der Waals surface area contributed by atoms with Crippen molar-refractivity contribution in [2.24, 2.45) is 7.05 Å². The molecule has 3 aromatic heterocycles. The number of aryl methyl sites for hydroxylation is 1. The molecule has 1 fully saturated rings. The van der Waals surface area contributed by atoms with Crippen LogP contribution in [0, 0.1) is 0 Å². The lowest BCUT2D eigenvalue weighted by Crippen LogP contribution is -2.47. The van der Waals surface area contributed by atoms with E-state index in [2.05, 4.69) is 29.9 Å². The summed E-state index contributed by atoms with van der Waals surface area (Å²) in [7, 11) is 1.79. The molecule has 9 heteroatoms. The van der Waals surface area contributed by atoms with Crippen molar-refractivity contribution in [3.63, 3.8) is 0 Å². The van der Waals surface area contributed by atoms with E-state index in [4.69, 9.17) is 0 Å². The summed E-state index contributed by atoms with van der Waals surface area (Å²) in [6.45, 7) is 3.32. The lowest BCUT2D eigenvalue weighted by atomic mass is 10.3. The van der Waals surface area contributed by atoms with Gasteiger partial charge < -0.3 is 9.80 Å². The van der Waals surface area contributed by atoms with Crippen LogP contribution < -0.4 is 15.4 Å². The Balaban J connectivity index is 1.59. The fourth-order valence-corrected chi connectivity index (χ4v) is 3.35. The van der Waals surface area contributed by atoms with Crippen molar-refractivity contribution in [1.29, 1.82) is 0 Å². The highest BCUT2D eigenvalue weighted by atomic mass is 32.1. The molecule has 0 atom stereocenters. The zero-order valence-corrected chi connectivity index (χ0v) is 12.9. The van der Waals surface area contributed by atoms with Crippen molar-refractivity contribution in [3.8, 4) is 0 Å². The molecule has 114 valence electrons. The number of H-pyrrole nitrogens is 1. The minimum absolute atomic E-state index is 0.143. The molecule has 0 saturated carbocycles. The SMILES string of the molecule is Cn1ncc2c(=O)[nH]c(N3CCN(c4nccs4)CC3)nc21. The number of aromatic nitrogens is 5. The first-order valence-corrected chi connectivity index (χ1v) is 7.92. The van der Waals surface area contributed by atoms with Crippen LogP contribution in [0.15, 0.2) is 22.6 Å². The van der Waals surface area contributed by atoms with Crippen LogP contribution in [-0.4, -0.2) is 50.9 Å². The third-order valence-electron chi connectivity index (χ3n) is 3.86. The Labute approximate surface area is 130 Å². The number of rotatable bonds is 2. The third-order valence-corrected chi connectivity index (χ3v) is 4.69. The lowest BCUT2D eigenvalue weighted by Gasteiger charge is -2.34. The highest BCUT2D eigenvalue weighted by molar-refractivity contribution is 7.13. The average molecular weight is 317 g/mol. The molecule has 0 bridgehead atoms. The molecule has 3 aromatic rings. The van der Waals surface area contributed by atoms with Crippen LogP contribution in [0.25, 0.3) is 11.0 Å². The molecule has 1 aliphatic heterocycles. The van der Waals surface area contributed by atoms with Crippen molar-refractivity contribution >= 4 is 33.5 Å². The molecule has 4 heterocycles. The number of nitrogens with one attached hydrogen (secondary N) is 1. The van der Waals surface area contributed by atoms with Gasteiger partial charge in [-0.25, -0.2) is 4.98 Å². The molecule has 4 rings (SSSR count). The summed E-state index contributed by atoms with van der Waals surface area (Å²) < 4.78 is 1.62. The Kier molecular flexibility index (Phi) is 3.07. The Morgan fingerprint density at radius 1 is 1.23 bits per heavy atom. The van der Waals surface area contributed by atoms with E-state index >= 15 is 0 Å². The summed E-state index contributed by atoms with van der Waals surface area (Å²) in [5.74, 6) is 0.611. The Morgan fingerprint density at radius 2 is 2.00 bits per heavy atom. The molecule has 0 aromatic carbocycles. The smallest absolute Gasteiger partial charge is 0.263 e. The summed E-state index contributed by atoms with van der Waals surface area (Å²) in [4.78, 5) is 28.2. The predicted octanol–water partition coefficient (Wildman–Crippen LogP) is 0.440. The standard InChI is InChI=1S/C13H15N7OS/c1-18-10-9(8-15-18)11(21)17-12(16-10)19-3-5-20(6-4-19)13-14-2-7-22-13/h2,7-8H,3-6H2,1H3,(H,16,17,21). The molecule has 0 aliphatic carbocycles. The van der Waals surface area contributed by atoms with Gasteiger partial charge in [-0.05, 0) is 0 Å². The monoisotopic (exact) mass is 317 g/mol. The third kappa shape index (κ3) is 2.13. The Hall–Kier alpha value is -2.42. The minimum atomic E-state index is -0.143. The Bertz CT molecular complexity index is 845. The summed E-state index contributed by atoms with van der Waals surface area (Å²) >= 11 is 1.65. The molecule has 0 unspecified atom stereocenters. The van der Waals surface area contributed by atoms with E-state index in [1.807, 2.05) is 11.6 Å². The number of hydrogen-bond acceptors (Lipinski definition) is 7. The van der Waals surface area contributed by atoms with Gasteiger partial charge in [-0.2, -0.15) is 10.1 Å². The highest BCUT2D eigenvalue weighted by Gasteiger charge is 2.21. The van der Waals surface area contributed by atoms with Gasteiger partial charge in [0.05, 0.1) is 6.20 Å². The molecule has 1 saturated heterocycles. The average Bonchev–Trinajstić information content (AvgIpc) is 3.18. The maximum absolute atomic E-state index is 12.1. The van der Waals surface area contributed by atoms with E-state index in [9.17, 15) is 4.79 Å². The van der Waals surface area contributed by atoms with Crippen LogP contribution >= 0.6 is 11.3 Å². The zero-order valence-electron chi connectivity index (χ0n) is 12.1. The van der Waals surface area contributed by atoms with Crippen LogP contribution in [0.3, 0.4) is 0 Å². The number of piperazine rings is 1. The van der Waals surface area contributed by atoms with E-state index in [0.717, 1.165) is 31.3 Å². The van der Waals surface area contributed by atoms with Gasteiger partial charge >= 0.3 is 0 Å². The molecule has 1 aliphatic rings. The number of thiazole rings is 1. The topological polar surface area (TPSA) is 82.9 Å². The van der Waals surface area contributed by atoms with Crippen LogP contribution in [0.4, 0.5) is 11.1 Å². The van der Waals surface area contributed by atoms with Crippen molar-refractivity contribution in [3.05, 3.63) is 28.1 Å². The first-order valence-electron chi connectivity index (χ1n) is 7.04. The summed E-state index contributed by atoms with van der Waals surface area (Å²) in [6.07, 6.45) is 3.37. The quantitative estimate of drug-likeness (QED) is 0.738. The van der Waals surface area contributed by atoms with Crippen molar-refractivity contribution in [2.75, 3.05) is 36.0 Å². The van der Waals surface area contributed by atoms with Gasteiger partial charge in [0.15, 0.2) is 10.8 Å². The number of fused-ring (bicyclic) bond motifs is 1. The van der Waals surface area contributed by atoms with Gasteiger partial charge in [0.25, 0.3) is 5.56 Å². The largest absolute Gasteiger partial charge is 0.345 e. The van der Waals surface area contributed by atoms with E-state index in [-0.39, 0.29) is 5.56 Å². The zero-order chi connectivity index (χ0) is 15.1. The molecule has 22 heavy (non-hydrogen) atoms. The van der Waals surface area contributed by atoms with Crippen molar-refractivity contribution < 1.29 is 0 Å². The Morgan fingerprint density at radius 3 is 2.73 bits per heavy atom. The molecular weight excluding hydrogens is 302 g/mol. The van der Waals surface area contributed by atoms with Gasteiger partial charge in [0.2, 0.25) is 5.95 Å². The van der Waals surface area contributed by atoms with Crippen molar-refractivity contribution in [2.45, 2.75) is 0 Å². The number of hydrogen-bond donors (Lipinski definition) is 1. The normalized spacial score (nSPS) is 15.7. The molecule has 0 amide bonds. The van der Waals surface area contributed by atoms with E-state index in [0.29, 0.717) is 17.0 Å². The number of nitrogens with zero attached hydrogens (tertiary/aromatic N) is 6. The molecule has 1 N–H and O–H groups in total. The first-order chi connectivity index (χ1) is 10.7. The van der Waals surface area contributed by atoms with Gasteiger partial charge in [-0.3, -0.25) is 14.5 Å². The maximum atomic E-state index is 12.1. The molecule has 0 radical (unpaired) electrons. The summed E-state index contributed by atoms with van der Waals surface area (Å²) in [5, 5.41) is 7.64. The molecule has 0 spiro atoms. The maximum Gasteiger partial charge on any atom is 0.263 e. The minimum Gasteiger partial charge on any atom is -0.345 e. The number of anilines is 2. The van der Waals surface area contributed by atoms with E-state index in [1.165, 1.54) is 0 Å². The second kappa shape index (κ2) is 5.09. The second-order valence-electron chi connectivity index (χ2n) is 5.18. The van der Waals surface area contributed by atoms with Crippen LogP contribution in [0.2, 0.25) is 0 Å².